The van der Waals surface area contributed by atoms with E-state index >= 15 is 0 Å². The first-order chi connectivity index (χ1) is 13.7. The lowest BCUT2D eigenvalue weighted by Gasteiger charge is -2.10. The number of anilines is 2. The average Bonchev–Trinajstić information content (AvgIpc) is 2.73. The Kier molecular flexibility index (Phi) is 4.88. The molecule has 1 amide bonds. The van der Waals surface area contributed by atoms with Gasteiger partial charge in [-0.1, -0.05) is 18.2 Å². The molecule has 3 heterocycles. The summed E-state index contributed by atoms with van der Waals surface area (Å²) in [4.78, 5) is 29.8. The highest BCUT2D eigenvalue weighted by atomic mass is 16.1. The van der Waals surface area contributed by atoms with Gasteiger partial charge < -0.3 is 10.6 Å². The zero-order valence-electron chi connectivity index (χ0n) is 15.3. The van der Waals surface area contributed by atoms with Crippen LogP contribution in [0.3, 0.4) is 0 Å². The first-order valence-electron chi connectivity index (χ1n) is 8.82. The number of aryl methyl sites for hydroxylation is 1. The van der Waals surface area contributed by atoms with E-state index in [0.29, 0.717) is 23.9 Å². The normalized spacial score (nSPS) is 10.6. The van der Waals surface area contributed by atoms with Crippen LogP contribution < -0.4 is 10.6 Å². The number of amides is 1. The first-order valence-corrected chi connectivity index (χ1v) is 8.82. The van der Waals surface area contributed by atoms with Crippen LogP contribution >= 0.6 is 0 Å². The van der Waals surface area contributed by atoms with Crippen molar-refractivity contribution < 1.29 is 4.79 Å². The molecule has 4 aromatic rings. The number of hydrogen-bond acceptors (Lipinski definition) is 6. The van der Waals surface area contributed by atoms with E-state index in [4.69, 9.17) is 0 Å². The number of aromatic nitrogens is 4. The highest BCUT2D eigenvalue weighted by molar-refractivity contribution is 6.07. The Morgan fingerprint density at radius 2 is 1.82 bits per heavy atom. The summed E-state index contributed by atoms with van der Waals surface area (Å²) in [6.07, 6.45) is 5.17. The van der Waals surface area contributed by atoms with E-state index in [1.165, 1.54) is 0 Å². The molecule has 28 heavy (non-hydrogen) atoms. The van der Waals surface area contributed by atoms with Crippen molar-refractivity contribution in [1.82, 2.24) is 19.9 Å². The summed E-state index contributed by atoms with van der Waals surface area (Å²) in [6.45, 7) is 2.33. The molecule has 0 unspecified atom stereocenters. The molecule has 4 rings (SSSR count). The molecule has 7 heteroatoms. The highest BCUT2D eigenvalue weighted by Gasteiger charge is 2.13. The van der Waals surface area contributed by atoms with E-state index in [1.807, 2.05) is 42.5 Å². The van der Waals surface area contributed by atoms with Gasteiger partial charge in [0.15, 0.2) is 0 Å². The van der Waals surface area contributed by atoms with Gasteiger partial charge in [0.25, 0.3) is 5.91 Å². The summed E-state index contributed by atoms with van der Waals surface area (Å²) >= 11 is 0. The lowest BCUT2D eigenvalue weighted by molar-refractivity contribution is 0.102. The molecule has 0 radical (unpaired) electrons. The fraction of sp³-hybridized carbons (Fsp3) is 0.0952. The van der Waals surface area contributed by atoms with E-state index in [9.17, 15) is 4.79 Å². The predicted octanol–water partition coefficient (Wildman–Crippen LogP) is 3.59. The van der Waals surface area contributed by atoms with Crippen molar-refractivity contribution in [2.75, 3.05) is 10.6 Å². The van der Waals surface area contributed by atoms with Crippen molar-refractivity contribution in [1.29, 1.82) is 0 Å². The minimum atomic E-state index is -0.310. The summed E-state index contributed by atoms with van der Waals surface area (Å²) in [5.74, 6) is 0.794. The molecule has 0 spiro atoms. The highest BCUT2D eigenvalue weighted by Crippen LogP contribution is 2.21. The maximum atomic E-state index is 12.8. The maximum Gasteiger partial charge on any atom is 0.274 e. The third-order valence-electron chi connectivity index (χ3n) is 4.17. The molecule has 7 nitrogen and oxygen atoms in total. The number of nitrogens with zero attached hydrogens (tertiary/aromatic N) is 4. The van der Waals surface area contributed by atoms with Crippen molar-refractivity contribution in [2.24, 2.45) is 0 Å². The second-order valence-corrected chi connectivity index (χ2v) is 6.23. The molecule has 2 N–H and O–H groups in total. The number of carbonyl (C=O) groups excluding carboxylic acids is 1. The van der Waals surface area contributed by atoms with E-state index in [1.54, 1.807) is 31.6 Å². The molecular weight excluding hydrogens is 352 g/mol. The standard InChI is InChI=1S/C21H18N6O/c1-14-25-18(12-19(26-14)24-13-15-7-10-22-11-8-15)21(28)27-17-6-2-4-16-5-3-9-23-20(16)17/h2-12H,13H2,1H3,(H,27,28)(H,24,25,26). The van der Waals surface area contributed by atoms with Crippen molar-refractivity contribution >= 4 is 28.3 Å². The number of carbonyl (C=O) groups is 1. The number of nitrogens with one attached hydrogen (secondary N) is 2. The number of para-hydroxylation sites is 1. The second-order valence-electron chi connectivity index (χ2n) is 6.23. The zero-order valence-corrected chi connectivity index (χ0v) is 15.3. The third-order valence-corrected chi connectivity index (χ3v) is 4.17. The number of pyridine rings is 2. The quantitative estimate of drug-likeness (QED) is 0.558. The zero-order chi connectivity index (χ0) is 19.3. The lowest BCUT2D eigenvalue weighted by atomic mass is 10.2. The minimum absolute atomic E-state index is 0.290. The lowest BCUT2D eigenvalue weighted by Crippen LogP contribution is -2.16. The smallest absolute Gasteiger partial charge is 0.274 e. The van der Waals surface area contributed by atoms with Gasteiger partial charge in [0.1, 0.15) is 17.3 Å². The van der Waals surface area contributed by atoms with E-state index in [2.05, 4.69) is 30.6 Å². The van der Waals surface area contributed by atoms with Crippen LogP contribution in [0.5, 0.6) is 0 Å². The van der Waals surface area contributed by atoms with Gasteiger partial charge in [0, 0.05) is 36.6 Å². The van der Waals surface area contributed by atoms with Gasteiger partial charge in [-0.3, -0.25) is 14.8 Å². The summed E-state index contributed by atoms with van der Waals surface area (Å²) in [5.41, 5.74) is 2.74. The summed E-state index contributed by atoms with van der Waals surface area (Å²) in [6, 6.07) is 15.0. The molecule has 0 bridgehead atoms. The largest absolute Gasteiger partial charge is 0.366 e. The summed E-state index contributed by atoms with van der Waals surface area (Å²) in [5, 5.41) is 7.08. The Hall–Kier alpha value is -3.87. The van der Waals surface area contributed by atoms with Crippen LogP contribution in [0.1, 0.15) is 21.9 Å². The number of fused-ring (bicyclic) bond motifs is 1. The summed E-state index contributed by atoms with van der Waals surface area (Å²) < 4.78 is 0. The van der Waals surface area contributed by atoms with Gasteiger partial charge in [0.05, 0.1) is 11.2 Å². The molecule has 0 saturated carbocycles. The van der Waals surface area contributed by atoms with Crippen molar-refractivity contribution in [2.45, 2.75) is 13.5 Å². The van der Waals surface area contributed by atoms with Gasteiger partial charge in [-0.15, -0.1) is 0 Å². The van der Waals surface area contributed by atoms with Crippen molar-refractivity contribution in [3.63, 3.8) is 0 Å². The van der Waals surface area contributed by atoms with Crippen LogP contribution in [-0.4, -0.2) is 25.8 Å². The molecule has 0 atom stereocenters. The third kappa shape index (κ3) is 3.93. The molecule has 0 aliphatic rings. The van der Waals surface area contributed by atoms with E-state index in [-0.39, 0.29) is 11.6 Å². The van der Waals surface area contributed by atoms with Gasteiger partial charge in [-0.2, -0.15) is 0 Å². The number of rotatable bonds is 5. The number of hydrogen-bond donors (Lipinski definition) is 2. The molecule has 0 fully saturated rings. The molecule has 0 aliphatic carbocycles. The topological polar surface area (TPSA) is 92.7 Å². The fourth-order valence-electron chi connectivity index (χ4n) is 2.86. The maximum absolute atomic E-state index is 12.8. The molecule has 1 aromatic carbocycles. The predicted molar refractivity (Wildman–Crippen MR) is 108 cm³/mol. The van der Waals surface area contributed by atoms with Gasteiger partial charge >= 0.3 is 0 Å². The van der Waals surface area contributed by atoms with Crippen molar-refractivity contribution in [3.8, 4) is 0 Å². The number of benzene rings is 1. The van der Waals surface area contributed by atoms with Gasteiger partial charge in [-0.05, 0) is 36.8 Å². The average molecular weight is 370 g/mol. The molecular formula is C21H18N6O. The second kappa shape index (κ2) is 7.79. The van der Waals surface area contributed by atoms with Gasteiger partial charge in [-0.25, -0.2) is 9.97 Å². The summed E-state index contributed by atoms with van der Waals surface area (Å²) in [7, 11) is 0. The Bertz CT molecular complexity index is 1120. The minimum Gasteiger partial charge on any atom is -0.366 e. The molecule has 3 aromatic heterocycles. The Morgan fingerprint density at radius 3 is 2.68 bits per heavy atom. The Morgan fingerprint density at radius 1 is 1.00 bits per heavy atom. The van der Waals surface area contributed by atoms with Crippen LogP contribution in [0.4, 0.5) is 11.5 Å². The van der Waals surface area contributed by atoms with Crippen molar-refractivity contribution in [3.05, 3.63) is 84.2 Å². The fourth-order valence-corrected chi connectivity index (χ4v) is 2.86. The Labute approximate surface area is 161 Å². The van der Waals surface area contributed by atoms with E-state index in [0.717, 1.165) is 16.5 Å². The molecule has 0 saturated heterocycles. The first kappa shape index (κ1) is 17.5. The van der Waals surface area contributed by atoms with E-state index < -0.39 is 0 Å². The van der Waals surface area contributed by atoms with Crippen LogP contribution in [0, 0.1) is 6.92 Å². The monoisotopic (exact) mass is 370 g/mol. The van der Waals surface area contributed by atoms with Gasteiger partial charge in [0.2, 0.25) is 0 Å². The SMILES string of the molecule is Cc1nc(NCc2ccncc2)cc(C(=O)Nc2cccc3cccnc23)n1. The van der Waals surface area contributed by atoms with Crippen LogP contribution in [0.15, 0.2) is 67.1 Å². The molecule has 0 aliphatic heterocycles. The van der Waals surface area contributed by atoms with Crippen LogP contribution in [0.25, 0.3) is 10.9 Å². The van der Waals surface area contributed by atoms with Crippen LogP contribution in [0.2, 0.25) is 0 Å². The Balaban J connectivity index is 1.55. The van der Waals surface area contributed by atoms with Crippen LogP contribution in [-0.2, 0) is 6.54 Å². The molecule has 138 valence electrons.